The van der Waals surface area contributed by atoms with Crippen LogP contribution in [0, 0.1) is 0 Å². The fraction of sp³-hybridized carbons (Fsp3) is 0.417. The second-order valence-electron chi connectivity index (χ2n) is 3.93. The number of hydrogen-bond acceptors (Lipinski definition) is 6. The lowest BCUT2D eigenvalue weighted by atomic mass is 10.3. The Morgan fingerprint density at radius 3 is 3.00 bits per heavy atom. The van der Waals surface area contributed by atoms with Crippen molar-refractivity contribution in [3.63, 3.8) is 0 Å². The predicted octanol–water partition coefficient (Wildman–Crippen LogP) is 1.23. The molecule has 0 bridgehead atoms. The summed E-state index contributed by atoms with van der Waals surface area (Å²) in [7, 11) is 5.50. The van der Waals surface area contributed by atoms with Gasteiger partial charge in [0.15, 0.2) is 5.16 Å². The summed E-state index contributed by atoms with van der Waals surface area (Å²) in [6.07, 6.45) is 1.77. The van der Waals surface area contributed by atoms with Gasteiger partial charge in [0.05, 0.1) is 19.3 Å². The van der Waals surface area contributed by atoms with E-state index in [9.17, 15) is 0 Å². The lowest BCUT2D eigenvalue weighted by Gasteiger charge is -2.06. The van der Waals surface area contributed by atoms with Gasteiger partial charge in [-0.3, -0.25) is 4.98 Å². The van der Waals surface area contributed by atoms with Gasteiger partial charge in [-0.15, -0.1) is 10.2 Å². The largest absolute Gasteiger partial charge is 0.495 e. The van der Waals surface area contributed by atoms with E-state index in [1.807, 2.05) is 30.8 Å². The van der Waals surface area contributed by atoms with Crippen molar-refractivity contribution in [1.29, 1.82) is 0 Å². The Labute approximate surface area is 116 Å². The molecule has 0 aliphatic rings. The summed E-state index contributed by atoms with van der Waals surface area (Å²) >= 11 is 1.60. The van der Waals surface area contributed by atoms with Crippen LogP contribution in [0.15, 0.2) is 23.5 Å². The first kappa shape index (κ1) is 13.8. The molecule has 0 saturated carbocycles. The number of ether oxygens (including phenoxy) is 1. The maximum absolute atomic E-state index is 5.28. The van der Waals surface area contributed by atoms with Crippen LogP contribution < -0.4 is 10.1 Å². The Hall–Kier alpha value is -1.60. The number of hydrogen-bond donors (Lipinski definition) is 1. The molecule has 2 rings (SSSR count). The Kier molecular flexibility index (Phi) is 4.75. The molecule has 0 aliphatic heterocycles. The SMILES string of the molecule is CNCc1nnc(SCc2ncccc2OC)n1C. The smallest absolute Gasteiger partial charge is 0.191 e. The lowest BCUT2D eigenvalue weighted by Crippen LogP contribution is -2.10. The molecule has 0 fully saturated rings. The number of nitrogens with one attached hydrogen (secondary N) is 1. The molecule has 2 aromatic rings. The molecular weight excluding hydrogens is 262 g/mol. The van der Waals surface area contributed by atoms with Crippen LogP contribution in [0.1, 0.15) is 11.5 Å². The van der Waals surface area contributed by atoms with Crippen LogP contribution in [0.3, 0.4) is 0 Å². The van der Waals surface area contributed by atoms with Crippen molar-refractivity contribution < 1.29 is 4.74 Å². The van der Waals surface area contributed by atoms with Crippen molar-refractivity contribution in [1.82, 2.24) is 25.1 Å². The second-order valence-corrected chi connectivity index (χ2v) is 4.87. The van der Waals surface area contributed by atoms with Gasteiger partial charge < -0.3 is 14.6 Å². The standard InChI is InChI=1S/C12H17N5OS/c1-13-7-11-15-16-12(17(11)2)19-8-9-10(18-3)5-4-6-14-9/h4-6,13H,7-8H2,1-3H3. The Balaban J connectivity index is 2.06. The van der Waals surface area contributed by atoms with E-state index in [0.29, 0.717) is 12.3 Å². The minimum Gasteiger partial charge on any atom is -0.495 e. The van der Waals surface area contributed by atoms with E-state index in [2.05, 4.69) is 20.5 Å². The van der Waals surface area contributed by atoms with Gasteiger partial charge in [0.2, 0.25) is 0 Å². The third-order valence-corrected chi connectivity index (χ3v) is 3.70. The summed E-state index contributed by atoms with van der Waals surface area (Å²) in [5.74, 6) is 2.42. The van der Waals surface area contributed by atoms with Crippen molar-refractivity contribution in [2.75, 3.05) is 14.2 Å². The molecular formula is C12H17N5OS. The van der Waals surface area contributed by atoms with E-state index in [4.69, 9.17) is 4.74 Å². The number of nitrogens with zero attached hydrogens (tertiary/aromatic N) is 4. The molecule has 1 N–H and O–H groups in total. The molecule has 2 aromatic heterocycles. The summed E-state index contributed by atoms with van der Waals surface area (Å²) in [6, 6.07) is 3.77. The summed E-state index contributed by atoms with van der Waals surface area (Å²) < 4.78 is 7.26. The van der Waals surface area contributed by atoms with E-state index < -0.39 is 0 Å². The highest BCUT2D eigenvalue weighted by atomic mass is 32.2. The van der Waals surface area contributed by atoms with E-state index >= 15 is 0 Å². The van der Waals surface area contributed by atoms with Crippen LogP contribution in [0.4, 0.5) is 0 Å². The summed E-state index contributed by atoms with van der Waals surface area (Å²) in [5.41, 5.74) is 0.910. The highest BCUT2D eigenvalue weighted by Crippen LogP contribution is 2.25. The first-order valence-electron chi connectivity index (χ1n) is 5.89. The zero-order valence-electron chi connectivity index (χ0n) is 11.3. The van der Waals surface area contributed by atoms with Gasteiger partial charge in [0, 0.05) is 19.0 Å². The second kappa shape index (κ2) is 6.53. The van der Waals surface area contributed by atoms with Gasteiger partial charge in [-0.1, -0.05) is 11.8 Å². The van der Waals surface area contributed by atoms with Crippen LogP contribution in [0.5, 0.6) is 5.75 Å². The summed E-state index contributed by atoms with van der Waals surface area (Å²) in [5, 5.41) is 12.2. The van der Waals surface area contributed by atoms with Crippen LogP contribution in [0.2, 0.25) is 0 Å². The lowest BCUT2D eigenvalue weighted by molar-refractivity contribution is 0.409. The molecule has 0 amide bonds. The van der Waals surface area contributed by atoms with Crippen LogP contribution >= 0.6 is 11.8 Å². The van der Waals surface area contributed by atoms with Gasteiger partial charge >= 0.3 is 0 Å². The fourth-order valence-electron chi connectivity index (χ4n) is 1.63. The normalized spacial score (nSPS) is 10.7. The molecule has 0 atom stereocenters. The van der Waals surface area contributed by atoms with E-state index in [-0.39, 0.29) is 0 Å². The number of aromatic nitrogens is 4. The highest BCUT2D eigenvalue weighted by molar-refractivity contribution is 7.98. The monoisotopic (exact) mass is 279 g/mol. The molecule has 102 valence electrons. The van der Waals surface area contributed by atoms with Crippen molar-refractivity contribution in [2.45, 2.75) is 17.5 Å². The van der Waals surface area contributed by atoms with Gasteiger partial charge in [-0.05, 0) is 19.2 Å². The molecule has 19 heavy (non-hydrogen) atoms. The highest BCUT2D eigenvalue weighted by Gasteiger charge is 2.10. The summed E-state index contributed by atoms with van der Waals surface area (Å²) in [4.78, 5) is 4.32. The minimum absolute atomic E-state index is 0.704. The van der Waals surface area contributed by atoms with Gasteiger partial charge in [-0.2, -0.15) is 0 Å². The maximum Gasteiger partial charge on any atom is 0.191 e. The van der Waals surface area contributed by atoms with Crippen LogP contribution in [0.25, 0.3) is 0 Å². The predicted molar refractivity (Wildman–Crippen MR) is 74.1 cm³/mol. The number of pyridine rings is 1. The van der Waals surface area contributed by atoms with Crippen LogP contribution in [-0.4, -0.2) is 33.9 Å². The number of thioether (sulfide) groups is 1. The van der Waals surface area contributed by atoms with Crippen molar-refractivity contribution >= 4 is 11.8 Å². The third kappa shape index (κ3) is 3.24. The zero-order valence-corrected chi connectivity index (χ0v) is 12.1. The first-order chi connectivity index (χ1) is 9.26. The minimum atomic E-state index is 0.704. The molecule has 2 heterocycles. The van der Waals surface area contributed by atoms with Gasteiger partial charge in [0.25, 0.3) is 0 Å². The number of rotatable bonds is 6. The van der Waals surface area contributed by atoms with Crippen LogP contribution in [-0.2, 0) is 19.3 Å². The third-order valence-electron chi connectivity index (χ3n) is 2.67. The Morgan fingerprint density at radius 1 is 1.42 bits per heavy atom. The molecule has 0 spiro atoms. The van der Waals surface area contributed by atoms with Crippen molar-refractivity contribution in [2.24, 2.45) is 7.05 Å². The molecule has 6 nitrogen and oxygen atoms in total. The van der Waals surface area contributed by atoms with Crippen molar-refractivity contribution in [3.05, 3.63) is 29.8 Å². The Morgan fingerprint density at radius 2 is 2.26 bits per heavy atom. The maximum atomic E-state index is 5.28. The van der Waals surface area contributed by atoms with E-state index in [1.54, 1.807) is 25.1 Å². The zero-order chi connectivity index (χ0) is 13.7. The molecule has 0 aromatic carbocycles. The molecule has 0 unspecified atom stereocenters. The first-order valence-corrected chi connectivity index (χ1v) is 6.88. The van der Waals surface area contributed by atoms with E-state index in [1.165, 1.54) is 0 Å². The fourth-order valence-corrected chi connectivity index (χ4v) is 2.51. The average Bonchev–Trinajstić information content (AvgIpc) is 2.78. The quantitative estimate of drug-likeness (QED) is 0.802. The van der Waals surface area contributed by atoms with Gasteiger partial charge in [0.1, 0.15) is 11.6 Å². The summed E-state index contributed by atoms with van der Waals surface area (Å²) in [6.45, 7) is 0.705. The molecule has 0 radical (unpaired) electrons. The average molecular weight is 279 g/mol. The van der Waals surface area contributed by atoms with E-state index in [0.717, 1.165) is 22.4 Å². The van der Waals surface area contributed by atoms with Gasteiger partial charge in [-0.25, -0.2) is 0 Å². The van der Waals surface area contributed by atoms with Crippen molar-refractivity contribution in [3.8, 4) is 5.75 Å². The molecule has 7 heteroatoms. The number of methoxy groups -OCH3 is 1. The Bertz CT molecular complexity index is 543. The molecule has 0 saturated heterocycles. The topological polar surface area (TPSA) is 64.9 Å². The molecule has 0 aliphatic carbocycles.